The minimum atomic E-state index is 0. The Bertz CT molecular complexity index is 121. The summed E-state index contributed by atoms with van der Waals surface area (Å²) >= 11 is 0. The quantitative estimate of drug-likeness (QED) is 0.694. The molecular weight excluding hydrogens is 209 g/mol. The third-order valence-corrected chi connectivity index (χ3v) is 1.42. The van der Waals surface area contributed by atoms with Gasteiger partial charge in [-0.3, -0.25) is 4.90 Å². The van der Waals surface area contributed by atoms with Crippen LogP contribution in [0, 0.1) is 5.41 Å². The normalized spacial score (nSPS) is 14.6. The van der Waals surface area contributed by atoms with Gasteiger partial charge in [-0.2, -0.15) is 0 Å². The molecule has 3 nitrogen and oxygen atoms in total. The van der Waals surface area contributed by atoms with Crippen LogP contribution in [0.4, 0.5) is 0 Å². The maximum Gasteiger partial charge on any atom is 0.0629 e. The molecule has 0 amide bonds. The predicted molar refractivity (Wildman–Crippen MR) is 81.9 cm³/mol. The molecule has 17 heavy (non-hydrogen) atoms. The van der Waals surface area contributed by atoms with Crippen molar-refractivity contribution in [3.8, 4) is 0 Å². The summed E-state index contributed by atoms with van der Waals surface area (Å²) in [6.07, 6.45) is 0. The van der Waals surface area contributed by atoms with Crippen molar-refractivity contribution in [3.05, 3.63) is 0 Å². The first-order valence-corrected chi connectivity index (χ1v) is 6.00. The van der Waals surface area contributed by atoms with E-state index in [1.54, 1.807) is 0 Å². The molecule has 0 bridgehead atoms. The molecule has 0 spiro atoms. The van der Waals surface area contributed by atoms with Crippen molar-refractivity contribution in [1.82, 2.24) is 15.8 Å². The Morgan fingerprint density at radius 3 is 1.29 bits per heavy atom. The molecule has 4 heteroatoms. The van der Waals surface area contributed by atoms with E-state index < -0.39 is 0 Å². The molecule has 0 aliphatic carbocycles. The molecule has 3 radical (unpaired) electrons. The molecule has 105 valence electrons. The Morgan fingerprint density at radius 2 is 1.18 bits per heavy atom. The lowest BCUT2D eigenvalue weighted by Gasteiger charge is -2.16. The number of hydrogen-bond donors (Lipinski definition) is 2. The van der Waals surface area contributed by atoms with Gasteiger partial charge in [-0.1, -0.05) is 49.0 Å². The molecule has 0 atom stereocenters. The minimum absolute atomic E-state index is 0. The number of hydrazine groups is 1. The van der Waals surface area contributed by atoms with Crippen LogP contribution in [0.25, 0.3) is 0 Å². The van der Waals surface area contributed by atoms with Gasteiger partial charge >= 0.3 is 0 Å². The molecule has 0 aromatic rings. The average Bonchev–Trinajstić information content (AvgIpc) is 2.56. The van der Waals surface area contributed by atoms with Gasteiger partial charge in [-0.25, -0.2) is 10.9 Å². The van der Waals surface area contributed by atoms with Crippen LogP contribution in [0.5, 0.6) is 0 Å². The smallest absolute Gasteiger partial charge is 0.0629 e. The van der Waals surface area contributed by atoms with Gasteiger partial charge in [-0.15, -0.1) is 0 Å². The highest BCUT2D eigenvalue weighted by atomic mass is 15.5. The summed E-state index contributed by atoms with van der Waals surface area (Å²) in [4.78, 5) is 2.31. The second-order valence-corrected chi connectivity index (χ2v) is 5.35. The molecule has 2 N–H and O–H groups in total. The third kappa shape index (κ3) is 25.9. The van der Waals surface area contributed by atoms with Gasteiger partial charge in [0.1, 0.15) is 0 Å². The molecule has 0 saturated carbocycles. The fourth-order valence-corrected chi connectivity index (χ4v) is 0.736. The van der Waals surface area contributed by atoms with Gasteiger partial charge in [0.25, 0.3) is 0 Å². The van der Waals surface area contributed by atoms with E-state index in [2.05, 4.69) is 57.3 Å². The van der Waals surface area contributed by atoms with E-state index in [1.807, 2.05) is 13.8 Å². The Labute approximate surface area is 112 Å². The van der Waals surface area contributed by atoms with Crippen molar-refractivity contribution in [2.45, 2.75) is 68.9 Å². The van der Waals surface area contributed by atoms with Crippen molar-refractivity contribution in [3.63, 3.8) is 0 Å². The molecule has 0 aromatic heterocycles. The first-order valence-electron chi connectivity index (χ1n) is 6.00. The Morgan fingerprint density at radius 1 is 0.941 bits per heavy atom. The van der Waals surface area contributed by atoms with Crippen molar-refractivity contribution in [2.24, 2.45) is 5.41 Å². The number of nitrogens with zero attached hydrogens (tertiary/aromatic N) is 1. The highest BCUT2D eigenvalue weighted by molar-refractivity contribution is 5.75. The molecule has 0 aromatic carbocycles. The van der Waals surface area contributed by atoms with Crippen LogP contribution < -0.4 is 10.9 Å². The number of nitrogens with one attached hydrogen (secondary N) is 2. The van der Waals surface area contributed by atoms with Crippen LogP contribution >= 0.6 is 0 Å². The first-order chi connectivity index (χ1) is 6.80. The number of hydrogen-bond acceptors (Lipinski definition) is 3. The zero-order valence-corrected chi connectivity index (χ0v) is 12.5. The Hall–Kier alpha value is -0.0551. The highest BCUT2D eigenvalue weighted by Crippen LogP contribution is 2.08. The third-order valence-electron chi connectivity index (χ3n) is 1.42. The maximum atomic E-state index is 3.03. The van der Waals surface area contributed by atoms with Gasteiger partial charge in [-0.05, 0) is 19.3 Å². The van der Waals surface area contributed by atoms with Crippen LogP contribution in [0.1, 0.15) is 62.8 Å². The van der Waals surface area contributed by atoms with E-state index in [9.17, 15) is 0 Å². The largest absolute Gasteiger partial charge is 0.273 e. The van der Waals surface area contributed by atoms with Crippen molar-refractivity contribution in [2.75, 3.05) is 13.3 Å². The maximum absolute atomic E-state index is 3.03. The molecule has 1 heterocycles. The fraction of sp³-hybridized carbons (Fsp3) is 1.00. The fourth-order valence-electron chi connectivity index (χ4n) is 0.736. The molecule has 0 unspecified atom stereocenters. The second-order valence-electron chi connectivity index (χ2n) is 5.35. The highest BCUT2D eigenvalue weighted by Gasteiger charge is 2.11. The average molecular weight is 244 g/mol. The first kappa shape index (κ1) is 25.7. The summed E-state index contributed by atoms with van der Waals surface area (Å²) < 4.78 is 0. The van der Waals surface area contributed by atoms with E-state index in [-0.39, 0.29) is 15.8 Å². The van der Waals surface area contributed by atoms with Crippen LogP contribution in [-0.4, -0.2) is 32.7 Å². The van der Waals surface area contributed by atoms with Crippen LogP contribution in [0.2, 0.25) is 0 Å². The second kappa shape index (κ2) is 14.0. The number of rotatable bonds is 1. The van der Waals surface area contributed by atoms with Crippen LogP contribution in [0.3, 0.4) is 0 Å². The van der Waals surface area contributed by atoms with Gasteiger partial charge in [0, 0.05) is 14.5 Å². The van der Waals surface area contributed by atoms with Gasteiger partial charge in [0.05, 0.1) is 13.3 Å². The summed E-state index contributed by atoms with van der Waals surface area (Å²) in [6.45, 7) is 19.1. The predicted octanol–water partition coefficient (Wildman–Crippen LogP) is 3.05. The zero-order valence-electron chi connectivity index (χ0n) is 12.5. The molecule has 1 saturated heterocycles. The van der Waals surface area contributed by atoms with Crippen molar-refractivity contribution >= 4 is 8.41 Å². The molecular formula is C13H35BN3. The summed E-state index contributed by atoms with van der Waals surface area (Å²) in [5.74, 6) is 0. The lowest BCUT2D eigenvalue weighted by molar-refractivity contribution is 0.269. The SMILES string of the molecule is C.CC.CC(C)(C)C.CC(C)N1CNNC1.[B]. The summed E-state index contributed by atoms with van der Waals surface area (Å²) in [6, 6.07) is 0.650. The van der Waals surface area contributed by atoms with Crippen LogP contribution in [0.15, 0.2) is 0 Å². The van der Waals surface area contributed by atoms with E-state index in [0.717, 1.165) is 13.3 Å². The van der Waals surface area contributed by atoms with Crippen molar-refractivity contribution < 1.29 is 0 Å². The Balaban J connectivity index is -0.0000000838. The Kier molecular flexibility index (Phi) is 21.2. The van der Waals surface area contributed by atoms with E-state index in [0.29, 0.717) is 11.5 Å². The molecule has 1 aliphatic heterocycles. The molecule has 1 fully saturated rings. The van der Waals surface area contributed by atoms with Gasteiger partial charge < -0.3 is 0 Å². The van der Waals surface area contributed by atoms with Gasteiger partial charge in [0.2, 0.25) is 0 Å². The molecule has 1 rings (SSSR count). The monoisotopic (exact) mass is 244 g/mol. The summed E-state index contributed by atoms with van der Waals surface area (Å²) in [7, 11) is 0. The minimum Gasteiger partial charge on any atom is -0.273 e. The van der Waals surface area contributed by atoms with Gasteiger partial charge in [0.15, 0.2) is 0 Å². The van der Waals surface area contributed by atoms with E-state index in [1.165, 1.54) is 0 Å². The topological polar surface area (TPSA) is 27.3 Å². The van der Waals surface area contributed by atoms with E-state index in [4.69, 9.17) is 0 Å². The lowest BCUT2D eigenvalue weighted by Crippen LogP contribution is -2.29. The summed E-state index contributed by atoms with van der Waals surface area (Å²) in [5, 5.41) is 0. The van der Waals surface area contributed by atoms with Crippen molar-refractivity contribution in [1.29, 1.82) is 0 Å². The van der Waals surface area contributed by atoms with Crippen LogP contribution in [-0.2, 0) is 0 Å². The van der Waals surface area contributed by atoms with E-state index >= 15 is 0 Å². The zero-order chi connectivity index (χ0) is 12.5. The lowest BCUT2D eigenvalue weighted by atomic mass is 10.0. The summed E-state index contributed by atoms with van der Waals surface area (Å²) in [5.41, 5.74) is 6.56. The standard InChI is InChI=1S/C5H13N3.C5H12.C2H6.CH4.B/c1-5(2)8-3-6-7-4-8;1-5(2,3)4;1-2;;/h5-7H,3-4H2,1-2H3;1-4H3;1-2H3;1H4;. The molecule has 1 aliphatic rings.